The maximum Gasteiger partial charge on any atom is 0.254 e. The maximum absolute atomic E-state index is 13.2. The number of hydrogen-bond acceptors (Lipinski definition) is 3. The zero-order chi connectivity index (χ0) is 14.6. The van der Waals surface area contributed by atoms with Gasteiger partial charge >= 0.3 is 0 Å². The normalized spacial score (nSPS) is 13.2. The summed E-state index contributed by atoms with van der Waals surface area (Å²) >= 11 is 3.21. The van der Waals surface area contributed by atoms with Crippen molar-refractivity contribution in [3.05, 3.63) is 34.1 Å². The van der Waals surface area contributed by atoms with Crippen LogP contribution >= 0.6 is 15.9 Å². The lowest BCUT2D eigenvalue weighted by molar-refractivity contribution is 0.0784. The predicted octanol–water partition coefficient (Wildman–Crippen LogP) is 2.04. The highest BCUT2D eigenvalue weighted by molar-refractivity contribution is 9.10. The third-order valence-corrected chi connectivity index (χ3v) is 3.37. The molecule has 1 unspecified atom stereocenters. The number of carbonyl (C=O) groups is 1. The van der Waals surface area contributed by atoms with Crippen LogP contribution < -0.4 is 5.73 Å². The third kappa shape index (κ3) is 3.92. The van der Waals surface area contributed by atoms with Crippen LogP contribution in [0, 0.1) is 11.7 Å². The fraction of sp³-hybridized carbons (Fsp3) is 0.333. The Labute approximate surface area is 119 Å². The van der Waals surface area contributed by atoms with Crippen LogP contribution in [0.25, 0.3) is 0 Å². The molecule has 0 fully saturated rings. The van der Waals surface area contributed by atoms with Crippen molar-refractivity contribution < 1.29 is 14.4 Å². The van der Waals surface area contributed by atoms with Crippen molar-refractivity contribution in [3.63, 3.8) is 0 Å². The summed E-state index contributed by atoms with van der Waals surface area (Å²) in [6, 6.07) is 3.90. The number of nitrogens with two attached hydrogens (primary N) is 1. The molecule has 7 heteroatoms. The largest absolute Gasteiger partial charge is 0.409 e. The van der Waals surface area contributed by atoms with E-state index in [-0.39, 0.29) is 29.8 Å². The summed E-state index contributed by atoms with van der Waals surface area (Å²) in [5.74, 6) is -1.09. The van der Waals surface area contributed by atoms with Crippen molar-refractivity contribution in [2.24, 2.45) is 16.8 Å². The second-order valence-electron chi connectivity index (χ2n) is 4.24. The van der Waals surface area contributed by atoms with Gasteiger partial charge in [-0.2, -0.15) is 0 Å². The van der Waals surface area contributed by atoms with E-state index >= 15 is 0 Å². The monoisotopic (exact) mass is 331 g/mol. The highest BCUT2D eigenvalue weighted by atomic mass is 79.9. The summed E-state index contributed by atoms with van der Waals surface area (Å²) in [4.78, 5) is 13.5. The highest BCUT2D eigenvalue weighted by Gasteiger charge is 2.19. The Bertz CT molecular complexity index is 508. The summed E-state index contributed by atoms with van der Waals surface area (Å²) < 4.78 is 13.7. The van der Waals surface area contributed by atoms with Gasteiger partial charge in [0.05, 0.1) is 5.56 Å². The van der Waals surface area contributed by atoms with Gasteiger partial charge in [0, 0.05) is 24.0 Å². The molecule has 1 aromatic rings. The van der Waals surface area contributed by atoms with Gasteiger partial charge in [0.1, 0.15) is 11.7 Å². The number of carbonyl (C=O) groups excluding carboxylic acids is 1. The Balaban J connectivity index is 2.85. The number of rotatable bonds is 4. The van der Waals surface area contributed by atoms with Crippen LogP contribution in [0.1, 0.15) is 17.3 Å². The van der Waals surface area contributed by atoms with Crippen molar-refractivity contribution >= 4 is 27.7 Å². The van der Waals surface area contributed by atoms with Gasteiger partial charge in [0.2, 0.25) is 0 Å². The van der Waals surface area contributed by atoms with Gasteiger partial charge in [-0.1, -0.05) is 12.1 Å². The first-order chi connectivity index (χ1) is 8.86. The smallest absolute Gasteiger partial charge is 0.254 e. The zero-order valence-corrected chi connectivity index (χ0v) is 12.2. The summed E-state index contributed by atoms with van der Waals surface area (Å²) in [5.41, 5.74) is 5.68. The molecule has 1 amide bonds. The minimum absolute atomic E-state index is 0.0398. The Morgan fingerprint density at radius 2 is 2.26 bits per heavy atom. The third-order valence-electron chi connectivity index (χ3n) is 2.67. The molecule has 1 atom stereocenters. The van der Waals surface area contributed by atoms with Gasteiger partial charge in [-0.25, -0.2) is 4.39 Å². The number of halogens is 2. The molecule has 0 heterocycles. The molecule has 0 bridgehead atoms. The summed E-state index contributed by atoms with van der Waals surface area (Å²) in [7, 11) is 1.57. The minimum atomic E-state index is -0.482. The van der Waals surface area contributed by atoms with Gasteiger partial charge in [-0.05, 0) is 34.1 Å². The molecular weight excluding hydrogens is 317 g/mol. The number of amidine groups is 1. The second-order valence-corrected chi connectivity index (χ2v) is 5.09. The van der Waals surface area contributed by atoms with Gasteiger partial charge in [-0.15, -0.1) is 0 Å². The highest BCUT2D eigenvalue weighted by Crippen LogP contribution is 2.19. The molecule has 1 aromatic carbocycles. The molecule has 0 radical (unpaired) electrons. The first kappa shape index (κ1) is 15.4. The standard InChI is InChI=1S/C12H15BrFN3O2/c1-7(11(15)16-19)6-17(2)12(18)9-5-8(14)3-4-10(9)13/h3-5,7,19H,6H2,1-2H3,(H2,15,16). The summed E-state index contributed by atoms with van der Waals surface area (Å²) in [5, 5.41) is 11.4. The van der Waals surface area contributed by atoms with Crippen LogP contribution in [0.2, 0.25) is 0 Å². The quantitative estimate of drug-likeness (QED) is 0.383. The Morgan fingerprint density at radius 1 is 1.63 bits per heavy atom. The molecule has 0 aliphatic heterocycles. The zero-order valence-electron chi connectivity index (χ0n) is 10.6. The van der Waals surface area contributed by atoms with E-state index in [0.717, 1.165) is 6.07 Å². The van der Waals surface area contributed by atoms with Crippen molar-refractivity contribution in [1.29, 1.82) is 0 Å². The number of amides is 1. The van der Waals surface area contributed by atoms with Crippen molar-refractivity contribution in [2.75, 3.05) is 13.6 Å². The van der Waals surface area contributed by atoms with Crippen LogP contribution in [0.4, 0.5) is 4.39 Å². The Morgan fingerprint density at radius 3 is 2.84 bits per heavy atom. The molecule has 104 valence electrons. The molecule has 19 heavy (non-hydrogen) atoms. The molecule has 0 aliphatic rings. The molecule has 5 nitrogen and oxygen atoms in total. The lowest BCUT2D eigenvalue weighted by atomic mass is 10.1. The van der Waals surface area contributed by atoms with Crippen LogP contribution in [-0.2, 0) is 0 Å². The van der Waals surface area contributed by atoms with E-state index < -0.39 is 5.82 Å². The maximum atomic E-state index is 13.2. The Kier molecular flexibility index (Phi) is 5.29. The van der Waals surface area contributed by atoms with Gasteiger partial charge in [0.25, 0.3) is 5.91 Å². The average Bonchev–Trinajstić information content (AvgIpc) is 2.39. The van der Waals surface area contributed by atoms with Gasteiger partial charge in [0.15, 0.2) is 0 Å². The minimum Gasteiger partial charge on any atom is -0.409 e. The average molecular weight is 332 g/mol. The lowest BCUT2D eigenvalue weighted by Gasteiger charge is -2.21. The summed E-state index contributed by atoms with van der Waals surface area (Å²) in [6.45, 7) is 1.98. The van der Waals surface area contributed by atoms with Crippen molar-refractivity contribution in [1.82, 2.24) is 4.90 Å². The Hall–Kier alpha value is -1.63. The molecule has 0 aromatic heterocycles. The molecule has 1 rings (SSSR count). The van der Waals surface area contributed by atoms with Gasteiger partial charge < -0.3 is 15.8 Å². The molecule has 3 N–H and O–H groups in total. The number of hydrogen-bond donors (Lipinski definition) is 2. The molecule has 0 aliphatic carbocycles. The van der Waals surface area contributed by atoms with Crippen molar-refractivity contribution in [3.8, 4) is 0 Å². The van der Waals surface area contributed by atoms with E-state index in [1.807, 2.05) is 0 Å². The van der Waals surface area contributed by atoms with E-state index in [9.17, 15) is 9.18 Å². The van der Waals surface area contributed by atoms with E-state index in [4.69, 9.17) is 10.9 Å². The SMILES string of the molecule is CC(CN(C)C(=O)c1cc(F)ccc1Br)C(N)=NO. The number of benzene rings is 1. The van der Waals surface area contributed by atoms with Crippen LogP contribution in [0.5, 0.6) is 0 Å². The predicted molar refractivity (Wildman–Crippen MR) is 73.6 cm³/mol. The van der Waals surface area contributed by atoms with Crippen LogP contribution in [0.15, 0.2) is 27.8 Å². The van der Waals surface area contributed by atoms with E-state index in [0.29, 0.717) is 4.47 Å². The first-order valence-electron chi connectivity index (χ1n) is 5.54. The first-order valence-corrected chi connectivity index (χ1v) is 6.34. The lowest BCUT2D eigenvalue weighted by Crippen LogP contribution is -2.36. The van der Waals surface area contributed by atoms with E-state index in [1.165, 1.54) is 17.0 Å². The molecule has 0 saturated carbocycles. The van der Waals surface area contributed by atoms with Crippen molar-refractivity contribution in [2.45, 2.75) is 6.92 Å². The van der Waals surface area contributed by atoms with E-state index in [1.54, 1.807) is 14.0 Å². The van der Waals surface area contributed by atoms with E-state index in [2.05, 4.69) is 21.1 Å². The molecule has 0 saturated heterocycles. The van der Waals surface area contributed by atoms with Crippen LogP contribution in [-0.4, -0.2) is 35.4 Å². The fourth-order valence-electron chi connectivity index (χ4n) is 1.55. The molecular formula is C12H15BrFN3O2. The van der Waals surface area contributed by atoms with Crippen LogP contribution in [0.3, 0.4) is 0 Å². The van der Waals surface area contributed by atoms with Gasteiger partial charge in [-0.3, -0.25) is 4.79 Å². The number of oxime groups is 1. The molecule has 0 spiro atoms. The number of nitrogens with zero attached hydrogens (tertiary/aromatic N) is 2. The topological polar surface area (TPSA) is 78.9 Å². The second kappa shape index (κ2) is 6.51. The fourth-order valence-corrected chi connectivity index (χ4v) is 1.97. The summed E-state index contributed by atoms with van der Waals surface area (Å²) in [6.07, 6.45) is 0.